The van der Waals surface area contributed by atoms with Crippen molar-refractivity contribution < 1.29 is 9.53 Å². The normalized spacial score (nSPS) is 37.1. The summed E-state index contributed by atoms with van der Waals surface area (Å²) in [4.78, 5) is 14.9. The number of nitrogens with one attached hydrogen (secondary N) is 1. The first-order valence-electron chi connectivity index (χ1n) is 4.88. The summed E-state index contributed by atoms with van der Waals surface area (Å²) in [5.74, 6) is 0.383. The average molecular weight is 197 g/mol. The number of amides is 2. The molecule has 2 rings (SSSR count). The van der Waals surface area contributed by atoms with E-state index in [9.17, 15) is 4.79 Å². The zero-order chi connectivity index (χ0) is 10.2. The summed E-state index contributed by atoms with van der Waals surface area (Å²) in [5, 5.41) is 2.83. The summed E-state index contributed by atoms with van der Waals surface area (Å²) in [7, 11) is 1.65. The van der Waals surface area contributed by atoms with Gasteiger partial charge < -0.3 is 15.8 Å². The Kier molecular flexibility index (Phi) is 2.19. The molecule has 14 heavy (non-hydrogen) atoms. The van der Waals surface area contributed by atoms with Gasteiger partial charge in [0.1, 0.15) is 11.4 Å². The van der Waals surface area contributed by atoms with Crippen molar-refractivity contribution in [2.75, 3.05) is 7.11 Å². The lowest BCUT2D eigenvalue weighted by molar-refractivity contribution is 0.0252. The smallest absolute Gasteiger partial charge is 0.343 e. The van der Waals surface area contributed by atoms with Crippen LogP contribution in [0.1, 0.15) is 25.7 Å². The number of nitrogens with zero attached hydrogens (tertiary/aromatic N) is 1. The molecule has 0 aromatic carbocycles. The minimum Gasteiger partial charge on any atom is -0.385 e. The molecule has 5 heteroatoms. The van der Waals surface area contributed by atoms with Gasteiger partial charge >= 0.3 is 6.03 Å². The molecule has 2 amide bonds. The van der Waals surface area contributed by atoms with Crippen LogP contribution in [0.2, 0.25) is 0 Å². The van der Waals surface area contributed by atoms with Gasteiger partial charge in [-0.2, -0.15) is 4.99 Å². The van der Waals surface area contributed by atoms with Crippen LogP contribution >= 0.6 is 0 Å². The fourth-order valence-electron chi connectivity index (χ4n) is 2.39. The fourth-order valence-corrected chi connectivity index (χ4v) is 2.39. The topological polar surface area (TPSA) is 76.7 Å². The first-order valence-corrected chi connectivity index (χ1v) is 4.88. The van der Waals surface area contributed by atoms with Crippen molar-refractivity contribution in [1.29, 1.82) is 0 Å². The molecule has 1 spiro atoms. The lowest BCUT2D eigenvalue weighted by Crippen LogP contribution is -2.61. The van der Waals surface area contributed by atoms with Gasteiger partial charge in [-0.3, -0.25) is 0 Å². The van der Waals surface area contributed by atoms with Crippen LogP contribution in [0.5, 0.6) is 0 Å². The highest BCUT2D eigenvalue weighted by Crippen LogP contribution is 2.33. The van der Waals surface area contributed by atoms with E-state index in [0.717, 1.165) is 25.7 Å². The minimum atomic E-state index is -0.524. The summed E-state index contributed by atoms with van der Waals surface area (Å²) < 4.78 is 5.37. The van der Waals surface area contributed by atoms with Gasteiger partial charge in [-0.25, -0.2) is 4.79 Å². The van der Waals surface area contributed by atoms with E-state index in [1.165, 1.54) is 0 Å². The number of hydrogen-bond donors (Lipinski definition) is 2. The Hall–Kier alpha value is -1.10. The van der Waals surface area contributed by atoms with Gasteiger partial charge in [0.15, 0.2) is 0 Å². The number of aliphatic imine (C=N–C) groups is 1. The van der Waals surface area contributed by atoms with Crippen molar-refractivity contribution in [1.82, 2.24) is 5.32 Å². The van der Waals surface area contributed by atoms with Crippen LogP contribution in [0.15, 0.2) is 4.99 Å². The van der Waals surface area contributed by atoms with Crippen molar-refractivity contribution in [3.8, 4) is 0 Å². The van der Waals surface area contributed by atoms with Crippen LogP contribution in [0.3, 0.4) is 0 Å². The third-order valence-electron chi connectivity index (χ3n) is 3.13. The number of amidine groups is 1. The Balaban J connectivity index is 2.28. The van der Waals surface area contributed by atoms with Gasteiger partial charge in [-0.1, -0.05) is 12.8 Å². The Morgan fingerprint density at radius 2 is 2.43 bits per heavy atom. The van der Waals surface area contributed by atoms with E-state index in [-0.39, 0.29) is 12.1 Å². The number of urea groups is 1. The van der Waals surface area contributed by atoms with Gasteiger partial charge in [0.25, 0.3) is 0 Å². The first-order chi connectivity index (χ1) is 6.69. The summed E-state index contributed by atoms with van der Waals surface area (Å²) in [6, 6.07) is -0.341. The molecule has 1 fully saturated rings. The van der Waals surface area contributed by atoms with Crippen LogP contribution in [0, 0.1) is 0 Å². The molecule has 0 saturated heterocycles. The molecule has 0 aromatic heterocycles. The zero-order valence-corrected chi connectivity index (χ0v) is 8.25. The average Bonchev–Trinajstić information content (AvgIpc) is 2.43. The number of hydrogen-bond acceptors (Lipinski definition) is 3. The van der Waals surface area contributed by atoms with Crippen LogP contribution in [-0.2, 0) is 4.74 Å². The highest BCUT2D eigenvalue weighted by molar-refractivity contribution is 6.06. The highest BCUT2D eigenvalue weighted by atomic mass is 16.5. The molecule has 3 N–H and O–H groups in total. The first kappa shape index (κ1) is 9.45. The van der Waals surface area contributed by atoms with Gasteiger partial charge in [0, 0.05) is 7.11 Å². The molecule has 2 aliphatic rings. The van der Waals surface area contributed by atoms with Crippen molar-refractivity contribution in [3.63, 3.8) is 0 Å². The van der Waals surface area contributed by atoms with E-state index in [4.69, 9.17) is 10.5 Å². The summed E-state index contributed by atoms with van der Waals surface area (Å²) in [6.07, 6.45) is 3.88. The second kappa shape index (κ2) is 3.24. The predicted octanol–water partition coefficient (Wildman–Crippen LogP) is 0.395. The Labute approximate surface area is 82.7 Å². The third-order valence-corrected chi connectivity index (χ3v) is 3.13. The van der Waals surface area contributed by atoms with Crippen molar-refractivity contribution in [3.05, 3.63) is 0 Å². The molecule has 1 heterocycles. The molecule has 1 aliphatic heterocycles. The van der Waals surface area contributed by atoms with Crippen molar-refractivity contribution in [2.24, 2.45) is 10.7 Å². The van der Waals surface area contributed by atoms with E-state index in [1.807, 2.05) is 0 Å². The summed E-state index contributed by atoms with van der Waals surface area (Å²) >= 11 is 0. The molecule has 5 nitrogen and oxygen atoms in total. The molecular formula is C9H15N3O2. The number of carbonyl (C=O) groups is 1. The Bertz CT molecular complexity index is 290. The second-order valence-corrected chi connectivity index (χ2v) is 3.87. The van der Waals surface area contributed by atoms with Crippen LogP contribution in [-0.4, -0.2) is 30.6 Å². The number of nitrogens with two attached hydrogens (primary N) is 1. The highest BCUT2D eigenvalue weighted by Gasteiger charge is 2.49. The maximum atomic E-state index is 11.2. The minimum absolute atomic E-state index is 0.0357. The van der Waals surface area contributed by atoms with Crippen LogP contribution in [0.4, 0.5) is 4.79 Å². The lowest BCUT2D eigenvalue weighted by atomic mass is 9.78. The SMILES string of the molecule is COC1CCCCC12NC(=O)N=C2N. The molecule has 0 aromatic rings. The molecule has 1 saturated carbocycles. The monoisotopic (exact) mass is 197 g/mol. The van der Waals surface area contributed by atoms with Crippen molar-refractivity contribution in [2.45, 2.75) is 37.3 Å². The van der Waals surface area contributed by atoms with E-state index in [2.05, 4.69) is 10.3 Å². The maximum Gasteiger partial charge on any atom is 0.343 e. The van der Waals surface area contributed by atoms with E-state index in [1.54, 1.807) is 7.11 Å². The molecule has 2 unspecified atom stereocenters. The lowest BCUT2D eigenvalue weighted by Gasteiger charge is -2.39. The van der Waals surface area contributed by atoms with E-state index < -0.39 is 5.54 Å². The molecular weight excluding hydrogens is 182 g/mol. The second-order valence-electron chi connectivity index (χ2n) is 3.87. The largest absolute Gasteiger partial charge is 0.385 e. The number of methoxy groups -OCH3 is 1. The molecule has 0 bridgehead atoms. The quantitative estimate of drug-likeness (QED) is 0.638. The maximum absolute atomic E-state index is 11.2. The zero-order valence-electron chi connectivity index (χ0n) is 8.25. The summed E-state index contributed by atoms with van der Waals surface area (Å²) in [6.45, 7) is 0. The number of carbonyl (C=O) groups excluding carboxylic acids is 1. The standard InChI is InChI=1S/C9H15N3O2/c1-14-6-4-2-3-5-9(6)7(10)11-8(13)12-9/h6H,2-5H2,1H3,(H3,10,11,12,13). The van der Waals surface area contributed by atoms with Gasteiger partial charge in [0.2, 0.25) is 0 Å². The van der Waals surface area contributed by atoms with Crippen LogP contribution in [0.25, 0.3) is 0 Å². The van der Waals surface area contributed by atoms with Crippen molar-refractivity contribution >= 4 is 11.9 Å². The van der Waals surface area contributed by atoms with Gasteiger partial charge in [-0.15, -0.1) is 0 Å². The Morgan fingerprint density at radius 3 is 3.00 bits per heavy atom. The molecule has 1 aliphatic carbocycles. The third kappa shape index (κ3) is 1.19. The van der Waals surface area contributed by atoms with Gasteiger partial charge in [0.05, 0.1) is 6.10 Å². The predicted molar refractivity (Wildman–Crippen MR) is 52.2 cm³/mol. The summed E-state index contributed by atoms with van der Waals surface area (Å²) in [5.41, 5.74) is 5.26. The fraction of sp³-hybridized carbons (Fsp3) is 0.778. The molecule has 0 radical (unpaired) electrons. The number of ether oxygens (including phenoxy) is 1. The number of rotatable bonds is 1. The van der Waals surface area contributed by atoms with Gasteiger partial charge in [-0.05, 0) is 12.8 Å². The molecule has 2 atom stereocenters. The van der Waals surface area contributed by atoms with E-state index >= 15 is 0 Å². The molecule has 78 valence electrons. The van der Waals surface area contributed by atoms with Crippen LogP contribution < -0.4 is 11.1 Å². The Morgan fingerprint density at radius 1 is 1.64 bits per heavy atom. The van der Waals surface area contributed by atoms with E-state index in [0.29, 0.717) is 5.84 Å².